The summed E-state index contributed by atoms with van der Waals surface area (Å²) in [5.41, 5.74) is 17.9. The maximum Gasteiger partial charge on any atom is 0.322 e. The minimum atomic E-state index is -1.98. The molecule has 16 nitrogen and oxygen atoms in total. The van der Waals surface area contributed by atoms with Crippen LogP contribution in [-0.2, 0) is 35.1 Å². The Morgan fingerprint density at radius 3 is 2.27 bits per heavy atom. The number of ether oxygens (including phenoxy) is 1. The molecule has 0 saturated heterocycles. The molecule has 1 aromatic carbocycles. The first-order chi connectivity index (χ1) is 21.4. The van der Waals surface area contributed by atoms with Gasteiger partial charge in [-0.25, -0.2) is 0 Å². The standard InChI is InChI=1S/C28H39N9O7S/c1-2-44-27(43)22(45)21(38)26(42)36-18(9-5-11-29)24(40)35-19(10-6-12-33-28(31)32)25(41)37-20(23(30)39)13-15-14-34-17-8-4-3-7-16(15)17/h3-4,7-8,14,18-22,34,38,45H,2,5-6,9-10,12-13H2,1H3,(H2,30,39)(H,35,40)(H,36,42)(H,37,41)(H4,31,32,33)/t18-,19-,20-,21-,22+/m0/s1. The van der Waals surface area contributed by atoms with Crippen molar-refractivity contribution in [1.82, 2.24) is 20.9 Å². The maximum atomic E-state index is 13.4. The number of rotatable bonds is 18. The number of thiol groups is 1. The summed E-state index contributed by atoms with van der Waals surface area (Å²) in [5.74, 6) is -4.67. The fraction of sp³-hybridized carbons (Fsp3) is 0.464. The molecule has 4 amide bonds. The molecule has 0 bridgehead atoms. The number of primary amides is 1. The number of aromatic amines is 1. The van der Waals surface area contributed by atoms with Crippen LogP contribution in [0.2, 0.25) is 0 Å². The zero-order chi connectivity index (χ0) is 33.5. The van der Waals surface area contributed by atoms with E-state index in [1.807, 2.05) is 30.3 Å². The quantitative estimate of drug-likeness (QED) is 0.0289. The van der Waals surface area contributed by atoms with Crippen LogP contribution in [0.25, 0.3) is 10.9 Å². The third kappa shape index (κ3) is 11.3. The van der Waals surface area contributed by atoms with E-state index in [0.717, 1.165) is 16.5 Å². The summed E-state index contributed by atoms with van der Waals surface area (Å²) in [6.07, 6.45) is -0.343. The molecule has 244 valence electrons. The summed E-state index contributed by atoms with van der Waals surface area (Å²) in [7, 11) is 0. The second kappa shape index (κ2) is 18.1. The van der Waals surface area contributed by atoms with Gasteiger partial charge in [-0.2, -0.15) is 17.9 Å². The molecule has 5 atom stereocenters. The van der Waals surface area contributed by atoms with Crippen LogP contribution < -0.4 is 33.2 Å². The van der Waals surface area contributed by atoms with Gasteiger partial charge in [0.15, 0.2) is 12.1 Å². The first-order valence-electron chi connectivity index (χ1n) is 14.1. The van der Waals surface area contributed by atoms with Crippen molar-refractivity contribution >= 4 is 59.1 Å². The number of aliphatic imine (C=N–C) groups is 1. The summed E-state index contributed by atoms with van der Waals surface area (Å²) in [6.45, 7) is 1.64. The lowest BCUT2D eigenvalue weighted by Gasteiger charge is -2.25. The van der Waals surface area contributed by atoms with Gasteiger partial charge >= 0.3 is 5.97 Å². The number of aliphatic hydroxyl groups is 1. The van der Waals surface area contributed by atoms with Crippen molar-refractivity contribution in [2.45, 2.75) is 68.5 Å². The van der Waals surface area contributed by atoms with Gasteiger partial charge in [-0.15, -0.1) is 0 Å². The second-order valence-electron chi connectivity index (χ2n) is 9.94. The average molecular weight is 646 g/mol. The number of nitrogens with one attached hydrogen (secondary N) is 4. The molecule has 45 heavy (non-hydrogen) atoms. The molecule has 11 N–H and O–H groups in total. The van der Waals surface area contributed by atoms with Crippen molar-refractivity contribution in [3.63, 3.8) is 0 Å². The van der Waals surface area contributed by atoms with Gasteiger partial charge in [0.05, 0.1) is 12.7 Å². The molecule has 0 radical (unpaired) electrons. The highest BCUT2D eigenvalue weighted by molar-refractivity contribution is 7.81. The summed E-state index contributed by atoms with van der Waals surface area (Å²) in [5, 5.41) is 26.1. The average Bonchev–Trinajstić information content (AvgIpc) is 3.41. The molecule has 17 heteroatoms. The number of hydrogen-bond donors (Lipinski definition) is 9. The van der Waals surface area contributed by atoms with Gasteiger partial charge in [0.2, 0.25) is 17.7 Å². The number of nitriles is 1. The highest BCUT2D eigenvalue weighted by Crippen LogP contribution is 2.19. The third-order valence-corrected chi connectivity index (χ3v) is 7.10. The number of amides is 4. The fourth-order valence-corrected chi connectivity index (χ4v) is 4.50. The minimum absolute atomic E-state index is 0.00995. The number of carbonyl (C=O) groups excluding carboxylic acids is 5. The van der Waals surface area contributed by atoms with Crippen LogP contribution in [0.5, 0.6) is 0 Å². The number of fused-ring (bicyclic) bond motifs is 1. The van der Waals surface area contributed by atoms with Gasteiger partial charge < -0.3 is 48.0 Å². The number of H-pyrrole nitrogens is 1. The van der Waals surface area contributed by atoms with Crippen molar-refractivity contribution in [1.29, 1.82) is 5.26 Å². The van der Waals surface area contributed by atoms with E-state index < -0.39 is 59.1 Å². The Morgan fingerprint density at radius 1 is 1.02 bits per heavy atom. The highest BCUT2D eigenvalue weighted by atomic mass is 32.1. The van der Waals surface area contributed by atoms with E-state index in [-0.39, 0.29) is 51.2 Å². The summed E-state index contributed by atoms with van der Waals surface area (Å²) >= 11 is 3.92. The SMILES string of the molecule is CCOC(=O)[C@H](S)[C@H](O)C(=O)N[C@@H](CCC#N)C(=O)N[C@@H](CCCN=C(N)N)C(=O)N[C@@H](Cc1c[nH]c2ccccc12)C(N)=O. The smallest absolute Gasteiger partial charge is 0.322 e. The molecule has 2 aromatic rings. The normalized spacial score (nSPS) is 14.1. The first-order valence-corrected chi connectivity index (χ1v) is 14.6. The van der Waals surface area contributed by atoms with Crippen molar-refractivity contribution < 1.29 is 33.8 Å². The molecule has 0 fully saturated rings. The summed E-state index contributed by atoms with van der Waals surface area (Å²) in [6, 6.07) is 5.45. The molecular formula is C28H39N9O7S. The topological polar surface area (TPSA) is 281 Å². The Morgan fingerprint density at radius 2 is 1.64 bits per heavy atom. The van der Waals surface area contributed by atoms with Crippen LogP contribution in [-0.4, -0.2) is 88.3 Å². The van der Waals surface area contributed by atoms with E-state index in [9.17, 15) is 29.1 Å². The third-order valence-electron chi connectivity index (χ3n) is 6.61. The number of para-hydroxylation sites is 1. The van der Waals surface area contributed by atoms with Crippen molar-refractivity contribution in [2.24, 2.45) is 22.2 Å². The summed E-state index contributed by atoms with van der Waals surface area (Å²) in [4.78, 5) is 70.7. The Bertz CT molecular complexity index is 1420. The molecule has 2 rings (SSSR count). The predicted molar refractivity (Wildman–Crippen MR) is 167 cm³/mol. The Balaban J connectivity index is 2.23. The number of guanidine groups is 1. The number of benzene rings is 1. The molecule has 0 aliphatic heterocycles. The van der Waals surface area contributed by atoms with Gasteiger partial charge in [-0.3, -0.25) is 29.0 Å². The largest absolute Gasteiger partial charge is 0.465 e. The number of carbonyl (C=O) groups is 5. The fourth-order valence-electron chi connectivity index (χ4n) is 4.29. The van der Waals surface area contributed by atoms with Gasteiger partial charge in [-0.05, 0) is 37.8 Å². The van der Waals surface area contributed by atoms with Crippen LogP contribution in [0.15, 0.2) is 35.5 Å². The molecule has 0 spiro atoms. The minimum Gasteiger partial charge on any atom is -0.465 e. The van der Waals surface area contributed by atoms with Crippen molar-refractivity contribution in [3.05, 3.63) is 36.0 Å². The number of aromatic nitrogens is 1. The second-order valence-corrected chi connectivity index (χ2v) is 10.5. The highest BCUT2D eigenvalue weighted by Gasteiger charge is 2.34. The predicted octanol–water partition coefficient (Wildman–Crippen LogP) is -1.77. The molecule has 0 aliphatic carbocycles. The monoisotopic (exact) mass is 645 g/mol. The molecule has 0 saturated carbocycles. The zero-order valence-electron chi connectivity index (χ0n) is 24.7. The molecular weight excluding hydrogens is 606 g/mol. The lowest BCUT2D eigenvalue weighted by Crippen LogP contribution is -2.58. The van der Waals surface area contributed by atoms with Gasteiger partial charge in [0, 0.05) is 36.5 Å². The van der Waals surface area contributed by atoms with Crippen LogP contribution >= 0.6 is 12.6 Å². The van der Waals surface area contributed by atoms with Gasteiger partial charge in [0.1, 0.15) is 23.4 Å². The van der Waals surface area contributed by atoms with Crippen molar-refractivity contribution in [3.8, 4) is 6.07 Å². The van der Waals surface area contributed by atoms with Crippen molar-refractivity contribution in [2.75, 3.05) is 13.2 Å². The van der Waals surface area contributed by atoms with E-state index in [4.69, 9.17) is 27.2 Å². The van der Waals surface area contributed by atoms with E-state index in [2.05, 4.69) is 38.6 Å². The number of nitrogens with two attached hydrogens (primary N) is 3. The van der Waals surface area contributed by atoms with Gasteiger partial charge in [-0.1, -0.05) is 18.2 Å². The van der Waals surface area contributed by atoms with E-state index in [1.54, 1.807) is 6.20 Å². The van der Waals surface area contributed by atoms with E-state index in [0.29, 0.717) is 0 Å². The maximum absolute atomic E-state index is 13.4. The first kappa shape index (κ1) is 36.4. The Hall–Kier alpha value is -4.82. The molecule has 0 aliphatic rings. The Kier molecular flexibility index (Phi) is 14.6. The number of aliphatic hydroxyl groups excluding tert-OH is 1. The van der Waals surface area contributed by atoms with Crippen LogP contribution in [0.4, 0.5) is 0 Å². The molecule has 1 aromatic heterocycles. The van der Waals surface area contributed by atoms with Crippen LogP contribution in [0, 0.1) is 11.3 Å². The Labute approximate surface area is 264 Å². The summed E-state index contributed by atoms with van der Waals surface area (Å²) < 4.78 is 4.75. The lowest BCUT2D eigenvalue weighted by atomic mass is 10.0. The number of hydrogen-bond acceptors (Lipinski definition) is 10. The molecule has 1 heterocycles. The van der Waals surface area contributed by atoms with Crippen LogP contribution in [0.3, 0.4) is 0 Å². The lowest BCUT2D eigenvalue weighted by molar-refractivity contribution is -0.148. The zero-order valence-corrected chi connectivity index (χ0v) is 25.6. The number of esters is 1. The van der Waals surface area contributed by atoms with Crippen LogP contribution in [0.1, 0.15) is 38.2 Å². The molecule has 0 unspecified atom stereocenters. The van der Waals surface area contributed by atoms with Gasteiger partial charge in [0.25, 0.3) is 5.91 Å². The van der Waals surface area contributed by atoms with E-state index in [1.165, 1.54) is 6.92 Å². The van der Waals surface area contributed by atoms with E-state index >= 15 is 0 Å². The number of nitrogens with zero attached hydrogens (tertiary/aromatic N) is 2.